The van der Waals surface area contributed by atoms with Crippen molar-refractivity contribution in [2.75, 3.05) is 11.1 Å². The molecule has 0 bridgehead atoms. The van der Waals surface area contributed by atoms with E-state index in [0.717, 1.165) is 31.2 Å². The molecule has 1 aliphatic carbocycles. The normalized spacial score (nSPS) is 18.1. The van der Waals surface area contributed by atoms with Gasteiger partial charge in [-0.15, -0.1) is 0 Å². The van der Waals surface area contributed by atoms with Gasteiger partial charge in [0.15, 0.2) is 15.7 Å². The zero-order valence-corrected chi connectivity index (χ0v) is 20.6. The lowest BCUT2D eigenvalue weighted by Crippen LogP contribution is -2.22. The summed E-state index contributed by atoms with van der Waals surface area (Å²) in [5.41, 5.74) is 7.24. The first kappa shape index (κ1) is 24.8. The molecule has 35 heavy (non-hydrogen) atoms. The molecule has 0 radical (unpaired) electrons. The Morgan fingerprint density at radius 3 is 2.49 bits per heavy atom. The number of aryl methyl sites for hydroxylation is 1. The Morgan fingerprint density at radius 2 is 1.83 bits per heavy atom. The minimum Gasteiger partial charge on any atom is -0.365 e. The number of nitrogens with one attached hydrogen (secondary N) is 1. The number of nitriles is 1. The van der Waals surface area contributed by atoms with E-state index < -0.39 is 15.7 Å². The molecule has 4 rings (SSSR count). The fourth-order valence-electron chi connectivity index (χ4n) is 4.32. The summed E-state index contributed by atoms with van der Waals surface area (Å²) >= 11 is 5.88. The largest absolute Gasteiger partial charge is 0.365 e. The molecule has 1 aromatic heterocycles. The third-order valence-electron chi connectivity index (χ3n) is 6.28. The van der Waals surface area contributed by atoms with Crippen molar-refractivity contribution in [3.8, 4) is 6.07 Å². The lowest BCUT2D eigenvalue weighted by molar-refractivity contribution is 0.100. The van der Waals surface area contributed by atoms with E-state index in [1.807, 2.05) is 12.1 Å². The highest BCUT2D eigenvalue weighted by Crippen LogP contribution is 2.34. The van der Waals surface area contributed by atoms with E-state index in [4.69, 9.17) is 17.3 Å². The Hall–Kier alpha value is -3.35. The predicted octanol–water partition coefficient (Wildman–Crippen LogP) is 4.65. The van der Waals surface area contributed by atoms with E-state index in [1.165, 1.54) is 12.1 Å². The third-order valence-corrected chi connectivity index (χ3v) is 8.27. The molecule has 0 spiro atoms. The van der Waals surface area contributed by atoms with Gasteiger partial charge in [0.25, 0.3) is 5.91 Å². The number of nitrogens with zero attached hydrogens (tertiary/aromatic N) is 3. The van der Waals surface area contributed by atoms with E-state index in [-0.39, 0.29) is 34.0 Å². The number of carbonyl (C=O) groups excluding carboxylic acids is 1. The summed E-state index contributed by atoms with van der Waals surface area (Å²) in [6.45, 7) is 0. The molecular weight excluding hydrogens is 486 g/mol. The fourth-order valence-corrected chi connectivity index (χ4v) is 5.73. The number of primary amides is 1. The highest BCUT2D eigenvalue weighted by Gasteiger charge is 2.29. The smallest absolute Gasteiger partial charge is 0.254 e. The van der Waals surface area contributed by atoms with Gasteiger partial charge in [0, 0.05) is 16.9 Å². The van der Waals surface area contributed by atoms with Crippen molar-refractivity contribution in [3.63, 3.8) is 0 Å². The van der Waals surface area contributed by atoms with Gasteiger partial charge in [0.2, 0.25) is 0 Å². The van der Waals surface area contributed by atoms with Gasteiger partial charge in [-0.2, -0.15) is 10.4 Å². The molecule has 1 fully saturated rings. The first-order valence-corrected chi connectivity index (χ1v) is 13.4. The second kappa shape index (κ2) is 10.5. The monoisotopic (exact) mass is 511 g/mol. The Morgan fingerprint density at radius 1 is 1.14 bits per heavy atom. The number of halogens is 1. The SMILES string of the molecule is N#C[C@H]1CCCC[C@@H]1n1cc(C(N)=O)c(Nc2ccc(S(=O)(=O)CCc3ccc(Cl)cc3)cc2)n1. The van der Waals surface area contributed by atoms with Crippen LogP contribution < -0.4 is 11.1 Å². The topological polar surface area (TPSA) is 131 Å². The van der Waals surface area contributed by atoms with Crippen LogP contribution in [0.2, 0.25) is 5.02 Å². The number of anilines is 2. The summed E-state index contributed by atoms with van der Waals surface area (Å²) in [6.07, 6.45) is 5.55. The lowest BCUT2D eigenvalue weighted by atomic mass is 9.85. The van der Waals surface area contributed by atoms with E-state index in [2.05, 4.69) is 16.5 Å². The highest BCUT2D eigenvalue weighted by atomic mass is 35.5. The van der Waals surface area contributed by atoms with Crippen LogP contribution in [0, 0.1) is 17.2 Å². The van der Waals surface area contributed by atoms with Crippen LogP contribution in [0.3, 0.4) is 0 Å². The molecule has 0 saturated heterocycles. The molecule has 0 unspecified atom stereocenters. The molecule has 2 aromatic carbocycles. The Labute approximate surface area is 209 Å². The third kappa shape index (κ3) is 5.84. The Bertz CT molecular complexity index is 1350. The van der Waals surface area contributed by atoms with Crippen LogP contribution >= 0.6 is 11.6 Å². The number of rotatable bonds is 8. The fraction of sp³-hybridized carbons (Fsp3) is 0.320. The summed E-state index contributed by atoms with van der Waals surface area (Å²) < 4.78 is 27.2. The molecule has 2 atom stereocenters. The van der Waals surface area contributed by atoms with Gasteiger partial charge in [-0.25, -0.2) is 8.42 Å². The van der Waals surface area contributed by atoms with Crippen LogP contribution in [0.5, 0.6) is 0 Å². The standard InChI is InChI=1S/C25H26ClN5O3S/c26-19-7-5-17(6-8-19)13-14-35(33,34)21-11-9-20(10-12-21)29-25-22(24(28)32)16-31(30-25)23-4-2-1-3-18(23)15-27/h5-12,16,18,23H,1-4,13-14H2,(H2,28,32)(H,29,30)/t18-,23+/m1/s1. The quantitative estimate of drug-likeness (QED) is 0.452. The number of sulfone groups is 1. The maximum absolute atomic E-state index is 12.8. The van der Waals surface area contributed by atoms with Gasteiger partial charge in [0.1, 0.15) is 5.56 Å². The lowest BCUT2D eigenvalue weighted by Gasteiger charge is -2.26. The summed E-state index contributed by atoms with van der Waals surface area (Å²) in [4.78, 5) is 12.2. The second-order valence-electron chi connectivity index (χ2n) is 8.67. The first-order chi connectivity index (χ1) is 16.8. The van der Waals surface area contributed by atoms with Crippen molar-refractivity contribution in [3.05, 3.63) is 70.9 Å². The molecule has 10 heteroatoms. The van der Waals surface area contributed by atoms with Crippen LogP contribution in [0.4, 0.5) is 11.5 Å². The van der Waals surface area contributed by atoms with Crippen LogP contribution in [-0.2, 0) is 16.3 Å². The van der Waals surface area contributed by atoms with Crippen molar-refractivity contribution < 1.29 is 13.2 Å². The minimum atomic E-state index is -3.48. The number of nitrogens with two attached hydrogens (primary N) is 1. The maximum atomic E-state index is 12.8. The van der Waals surface area contributed by atoms with Crippen LogP contribution in [0.15, 0.2) is 59.6 Å². The molecular formula is C25H26ClN5O3S. The van der Waals surface area contributed by atoms with Crippen molar-refractivity contribution >= 4 is 38.9 Å². The molecule has 1 heterocycles. The molecule has 3 aromatic rings. The van der Waals surface area contributed by atoms with Gasteiger partial charge in [-0.3, -0.25) is 9.48 Å². The second-order valence-corrected chi connectivity index (χ2v) is 11.2. The molecule has 1 aliphatic rings. The van der Waals surface area contributed by atoms with Crippen molar-refractivity contribution in [1.82, 2.24) is 9.78 Å². The summed E-state index contributed by atoms with van der Waals surface area (Å²) in [5, 5.41) is 17.7. The number of carbonyl (C=O) groups is 1. The van der Waals surface area contributed by atoms with E-state index in [9.17, 15) is 18.5 Å². The molecule has 1 saturated carbocycles. The number of hydrogen-bond donors (Lipinski definition) is 2. The summed E-state index contributed by atoms with van der Waals surface area (Å²) in [6, 6.07) is 15.6. The van der Waals surface area contributed by atoms with Crippen molar-refractivity contribution in [1.29, 1.82) is 5.26 Å². The molecule has 3 N–H and O–H groups in total. The van der Waals surface area contributed by atoms with Crippen molar-refractivity contribution in [2.24, 2.45) is 11.7 Å². The van der Waals surface area contributed by atoms with Crippen LogP contribution in [-0.4, -0.2) is 29.9 Å². The number of amides is 1. The summed E-state index contributed by atoms with van der Waals surface area (Å²) in [7, 11) is -3.48. The predicted molar refractivity (Wildman–Crippen MR) is 134 cm³/mol. The zero-order chi connectivity index (χ0) is 25.0. The first-order valence-electron chi connectivity index (χ1n) is 11.4. The molecule has 0 aliphatic heterocycles. The zero-order valence-electron chi connectivity index (χ0n) is 19.0. The Balaban J connectivity index is 1.49. The molecule has 1 amide bonds. The van der Waals surface area contributed by atoms with Crippen molar-refractivity contribution in [2.45, 2.75) is 43.0 Å². The van der Waals surface area contributed by atoms with Crippen LogP contribution in [0.1, 0.15) is 47.6 Å². The average Bonchev–Trinajstić information content (AvgIpc) is 3.28. The Kier molecular flexibility index (Phi) is 7.43. The minimum absolute atomic E-state index is 0.0287. The summed E-state index contributed by atoms with van der Waals surface area (Å²) in [5.74, 6) is -0.559. The highest BCUT2D eigenvalue weighted by molar-refractivity contribution is 7.91. The maximum Gasteiger partial charge on any atom is 0.254 e. The van der Waals surface area contributed by atoms with E-state index in [0.29, 0.717) is 17.1 Å². The van der Waals surface area contributed by atoms with Gasteiger partial charge in [-0.1, -0.05) is 36.6 Å². The van der Waals surface area contributed by atoms with E-state index in [1.54, 1.807) is 35.1 Å². The van der Waals surface area contributed by atoms with Gasteiger partial charge >= 0.3 is 0 Å². The number of hydrogen-bond acceptors (Lipinski definition) is 6. The van der Waals surface area contributed by atoms with Crippen LogP contribution in [0.25, 0.3) is 0 Å². The molecule has 182 valence electrons. The van der Waals surface area contributed by atoms with E-state index >= 15 is 0 Å². The molecule has 8 nitrogen and oxygen atoms in total. The van der Waals surface area contributed by atoms with Gasteiger partial charge in [0.05, 0.1) is 28.7 Å². The van der Waals surface area contributed by atoms with Gasteiger partial charge in [-0.05, 0) is 61.2 Å². The van der Waals surface area contributed by atoms with Gasteiger partial charge < -0.3 is 11.1 Å². The number of aromatic nitrogens is 2. The average molecular weight is 512 g/mol. The number of benzene rings is 2.